The number of aromatic nitrogens is 2. The molecule has 0 aliphatic carbocycles. The summed E-state index contributed by atoms with van der Waals surface area (Å²) in [6, 6.07) is 8.61. The van der Waals surface area contributed by atoms with E-state index in [0.29, 0.717) is 0 Å². The van der Waals surface area contributed by atoms with Crippen LogP contribution in [0.2, 0.25) is 5.02 Å². The molecule has 0 aliphatic rings. The maximum atomic E-state index is 6.45. The number of hydrogen-bond donors (Lipinski definition) is 1. The van der Waals surface area contributed by atoms with Crippen molar-refractivity contribution in [3.63, 3.8) is 0 Å². The normalized spacial score (nSPS) is 11.0. The van der Waals surface area contributed by atoms with Gasteiger partial charge in [0, 0.05) is 23.7 Å². The molecule has 21 heavy (non-hydrogen) atoms. The summed E-state index contributed by atoms with van der Waals surface area (Å²) in [7, 11) is 1.96. The molecule has 1 heterocycles. The third kappa shape index (κ3) is 4.02. The topological polar surface area (TPSA) is 29.9 Å². The van der Waals surface area contributed by atoms with E-state index in [0.717, 1.165) is 41.7 Å². The minimum atomic E-state index is 0.832. The molecular formula is C16H22ClN3S. The Bertz CT molecular complexity index is 595. The Labute approximate surface area is 136 Å². The van der Waals surface area contributed by atoms with Gasteiger partial charge in [0.1, 0.15) is 0 Å². The van der Waals surface area contributed by atoms with Crippen LogP contribution >= 0.6 is 23.4 Å². The molecule has 1 aromatic heterocycles. The summed E-state index contributed by atoms with van der Waals surface area (Å²) in [5.74, 6) is 0.850. The molecule has 1 aromatic carbocycles. The summed E-state index contributed by atoms with van der Waals surface area (Å²) >= 11 is 8.26. The van der Waals surface area contributed by atoms with E-state index in [-0.39, 0.29) is 0 Å². The quantitative estimate of drug-likeness (QED) is 0.777. The Morgan fingerprint density at radius 3 is 2.81 bits per heavy atom. The second kappa shape index (κ2) is 7.87. The third-order valence-electron chi connectivity index (χ3n) is 3.35. The second-order valence-corrected chi connectivity index (χ2v) is 6.27. The molecule has 0 unspecified atom stereocenters. The molecule has 0 fully saturated rings. The van der Waals surface area contributed by atoms with Crippen molar-refractivity contribution in [3.8, 4) is 0 Å². The highest BCUT2D eigenvalue weighted by Crippen LogP contribution is 2.29. The predicted molar refractivity (Wildman–Crippen MR) is 91.1 cm³/mol. The highest BCUT2D eigenvalue weighted by molar-refractivity contribution is 7.98. The van der Waals surface area contributed by atoms with Crippen LogP contribution in [0.1, 0.15) is 30.8 Å². The Morgan fingerprint density at radius 2 is 2.14 bits per heavy atom. The standard InChI is InChI=1S/C16H22ClN3S/c1-4-14-16(17)15(20(5-2)19-14)11-21-13-8-6-7-12(9-13)10-18-3/h6-9,18H,4-5,10-11H2,1-3H3. The molecule has 0 bridgehead atoms. The van der Waals surface area contributed by atoms with Gasteiger partial charge in [0.25, 0.3) is 0 Å². The maximum absolute atomic E-state index is 6.45. The van der Waals surface area contributed by atoms with Crippen molar-refractivity contribution in [2.24, 2.45) is 0 Å². The molecule has 1 N–H and O–H groups in total. The molecule has 0 saturated carbocycles. The lowest BCUT2D eigenvalue weighted by atomic mass is 10.2. The first-order valence-corrected chi connectivity index (χ1v) is 8.66. The van der Waals surface area contributed by atoms with E-state index in [1.165, 1.54) is 10.5 Å². The van der Waals surface area contributed by atoms with Crippen molar-refractivity contribution in [1.82, 2.24) is 15.1 Å². The average Bonchev–Trinajstić information content (AvgIpc) is 2.81. The number of nitrogens with one attached hydrogen (secondary N) is 1. The van der Waals surface area contributed by atoms with Crippen LogP contribution < -0.4 is 5.32 Å². The summed E-state index contributed by atoms with van der Waals surface area (Å²) in [4.78, 5) is 1.26. The largest absolute Gasteiger partial charge is 0.316 e. The van der Waals surface area contributed by atoms with Gasteiger partial charge in [0.2, 0.25) is 0 Å². The van der Waals surface area contributed by atoms with Gasteiger partial charge in [0.15, 0.2) is 0 Å². The van der Waals surface area contributed by atoms with E-state index in [9.17, 15) is 0 Å². The Kier molecular flexibility index (Phi) is 6.15. The first kappa shape index (κ1) is 16.4. The fourth-order valence-corrected chi connectivity index (χ4v) is 3.68. The minimum Gasteiger partial charge on any atom is -0.316 e. The zero-order chi connectivity index (χ0) is 15.2. The van der Waals surface area contributed by atoms with E-state index < -0.39 is 0 Å². The number of benzene rings is 1. The summed E-state index contributed by atoms with van der Waals surface area (Å²) in [5.41, 5.74) is 3.42. The van der Waals surface area contributed by atoms with Crippen molar-refractivity contribution < 1.29 is 0 Å². The van der Waals surface area contributed by atoms with Crippen LogP contribution in [0.5, 0.6) is 0 Å². The lowest BCUT2D eigenvalue weighted by molar-refractivity contribution is 0.628. The first-order chi connectivity index (χ1) is 10.2. The molecule has 3 nitrogen and oxygen atoms in total. The van der Waals surface area contributed by atoms with Crippen LogP contribution in [0.15, 0.2) is 29.2 Å². The lowest BCUT2D eigenvalue weighted by Gasteiger charge is -2.07. The van der Waals surface area contributed by atoms with Crippen molar-refractivity contribution in [1.29, 1.82) is 0 Å². The van der Waals surface area contributed by atoms with Gasteiger partial charge in [-0.25, -0.2) is 0 Å². The lowest BCUT2D eigenvalue weighted by Crippen LogP contribution is -2.04. The van der Waals surface area contributed by atoms with Gasteiger partial charge in [0.05, 0.1) is 16.4 Å². The smallest absolute Gasteiger partial charge is 0.0858 e. The molecule has 114 valence electrons. The van der Waals surface area contributed by atoms with Crippen LogP contribution in [0.4, 0.5) is 0 Å². The minimum absolute atomic E-state index is 0.832. The van der Waals surface area contributed by atoms with E-state index in [1.54, 1.807) is 0 Å². The van der Waals surface area contributed by atoms with Gasteiger partial charge in [-0.2, -0.15) is 5.10 Å². The Hall–Kier alpha value is -0.970. The first-order valence-electron chi connectivity index (χ1n) is 7.30. The van der Waals surface area contributed by atoms with Crippen molar-refractivity contribution in [3.05, 3.63) is 46.2 Å². The van der Waals surface area contributed by atoms with Crippen molar-refractivity contribution >= 4 is 23.4 Å². The van der Waals surface area contributed by atoms with Crippen LogP contribution in [0.25, 0.3) is 0 Å². The number of hydrogen-bond acceptors (Lipinski definition) is 3. The fourth-order valence-electron chi connectivity index (χ4n) is 2.26. The highest BCUT2D eigenvalue weighted by atomic mass is 35.5. The van der Waals surface area contributed by atoms with Gasteiger partial charge in [-0.3, -0.25) is 4.68 Å². The van der Waals surface area contributed by atoms with Crippen LogP contribution in [-0.4, -0.2) is 16.8 Å². The third-order valence-corrected chi connectivity index (χ3v) is 4.79. The van der Waals surface area contributed by atoms with E-state index >= 15 is 0 Å². The average molecular weight is 324 g/mol. The molecule has 2 rings (SSSR count). The molecular weight excluding hydrogens is 302 g/mol. The molecule has 0 atom stereocenters. The van der Waals surface area contributed by atoms with Gasteiger partial charge in [-0.05, 0) is 38.1 Å². The van der Waals surface area contributed by atoms with Crippen LogP contribution in [0.3, 0.4) is 0 Å². The monoisotopic (exact) mass is 323 g/mol. The molecule has 0 spiro atoms. The number of halogens is 1. The van der Waals surface area contributed by atoms with Crippen LogP contribution in [-0.2, 0) is 25.3 Å². The second-order valence-electron chi connectivity index (χ2n) is 4.84. The van der Waals surface area contributed by atoms with E-state index in [1.807, 2.05) is 23.5 Å². The SMILES string of the molecule is CCc1nn(CC)c(CSc2cccc(CNC)c2)c1Cl. The Balaban J connectivity index is 2.12. The zero-order valence-electron chi connectivity index (χ0n) is 12.8. The Morgan fingerprint density at radius 1 is 1.33 bits per heavy atom. The summed E-state index contributed by atoms with van der Waals surface area (Å²) in [6.07, 6.45) is 0.876. The van der Waals surface area contributed by atoms with Crippen LogP contribution in [0, 0.1) is 0 Å². The number of aryl methyl sites for hydroxylation is 2. The zero-order valence-corrected chi connectivity index (χ0v) is 14.4. The van der Waals surface area contributed by atoms with Gasteiger partial charge in [-0.15, -0.1) is 11.8 Å². The molecule has 0 amide bonds. The number of nitrogens with zero attached hydrogens (tertiary/aromatic N) is 2. The summed E-state index contributed by atoms with van der Waals surface area (Å²) in [6.45, 7) is 5.94. The highest BCUT2D eigenvalue weighted by Gasteiger charge is 2.14. The van der Waals surface area contributed by atoms with E-state index in [2.05, 4.69) is 48.5 Å². The molecule has 0 aliphatic heterocycles. The summed E-state index contributed by atoms with van der Waals surface area (Å²) in [5, 5.41) is 8.58. The van der Waals surface area contributed by atoms with Crippen molar-refractivity contribution in [2.45, 2.75) is 44.0 Å². The summed E-state index contributed by atoms with van der Waals surface area (Å²) < 4.78 is 2.02. The number of thioether (sulfide) groups is 1. The van der Waals surface area contributed by atoms with Gasteiger partial charge in [-0.1, -0.05) is 30.7 Å². The van der Waals surface area contributed by atoms with Gasteiger partial charge >= 0.3 is 0 Å². The molecule has 2 aromatic rings. The van der Waals surface area contributed by atoms with Crippen molar-refractivity contribution in [2.75, 3.05) is 7.05 Å². The predicted octanol–water partition coefficient (Wildman–Crippen LogP) is 4.13. The maximum Gasteiger partial charge on any atom is 0.0858 e. The molecule has 0 radical (unpaired) electrons. The number of rotatable bonds is 7. The fraction of sp³-hybridized carbons (Fsp3) is 0.438. The van der Waals surface area contributed by atoms with Gasteiger partial charge < -0.3 is 5.32 Å². The molecule has 0 saturated heterocycles. The molecule has 5 heteroatoms. The van der Waals surface area contributed by atoms with E-state index in [4.69, 9.17) is 11.6 Å².